The number of carbonyl (C=O) groups is 5. The molecule has 0 spiro atoms. The Labute approximate surface area is 321 Å². The lowest BCUT2D eigenvalue weighted by Gasteiger charge is -2.27. The molecule has 0 aliphatic heterocycles. The molecule has 0 aromatic heterocycles. The molecule has 310 valence electrons. The van der Waals surface area contributed by atoms with Crippen molar-refractivity contribution in [2.75, 3.05) is 75.0 Å². The molecule has 53 heavy (non-hydrogen) atoms. The van der Waals surface area contributed by atoms with Gasteiger partial charge in [-0.05, 0) is 165 Å². The summed E-state index contributed by atoms with van der Waals surface area (Å²) < 4.78 is 0. The molecule has 4 amide bonds. The summed E-state index contributed by atoms with van der Waals surface area (Å²) in [6.45, 7) is 5.54. The standard InChI is InChI=1S/C38H78N10O5/c1-29(49)28-30(18-8-13-23-39-2)45-36(51)32(20-10-15-25-41-4)47-38(53)34(22-12-17-27-43-6)48-37(52)33(21-11-16-26-42-5)46-35(50)31(44-7)19-9-14-24-40-3/h30-34,39-44H,8-28H2,1-7H3,(H,45,51)(H,46,50)(H,47,53)(H,48,52). The second-order valence-electron chi connectivity index (χ2n) is 14.1. The molecule has 0 rings (SSSR count). The highest BCUT2D eigenvalue weighted by Crippen LogP contribution is 2.11. The summed E-state index contributed by atoms with van der Waals surface area (Å²) in [7, 11) is 11.1. The van der Waals surface area contributed by atoms with Crippen molar-refractivity contribution in [2.45, 2.75) is 140 Å². The topological polar surface area (TPSA) is 206 Å². The van der Waals surface area contributed by atoms with Crippen LogP contribution in [0, 0.1) is 0 Å². The molecule has 15 heteroatoms. The fourth-order valence-electron chi connectivity index (χ4n) is 6.20. The van der Waals surface area contributed by atoms with Gasteiger partial charge in [-0.3, -0.25) is 24.0 Å². The Morgan fingerprint density at radius 2 is 0.660 bits per heavy atom. The number of ketones is 1. The van der Waals surface area contributed by atoms with Crippen LogP contribution < -0.4 is 53.2 Å². The Morgan fingerprint density at radius 1 is 0.377 bits per heavy atom. The van der Waals surface area contributed by atoms with Gasteiger partial charge in [-0.25, -0.2) is 0 Å². The zero-order valence-electron chi connectivity index (χ0n) is 34.3. The molecule has 0 radical (unpaired) electrons. The van der Waals surface area contributed by atoms with Gasteiger partial charge in [0.1, 0.15) is 23.9 Å². The largest absolute Gasteiger partial charge is 0.351 e. The molecule has 5 unspecified atom stereocenters. The van der Waals surface area contributed by atoms with E-state index in [0.29, 0.717) is 51.4 Å². The van der Waals surface area contributed by atoms with Crippen LogP contribution in [0.4, 0.5) is 0 Å². The fourth-order valence-corrected chi connectivity index (χ4v) is 6.20. The van der Waals surface area contributed by atoms with Crippen LogP contribution in [-0.2, 0) is 24.0 Å². The highest BCUT2D eigenvalue weighted by atomic mass is 16.2. The van der Waals surface area contributed by atoms with Crippen LogP contribution in [0.1, 0.15) is 110 Å². The van der Waals surface area contributed by atoms with Crippen molar-refractivity contribution in [1.29, 1.82) is 0 Å². The third-order valence-corrected chi connectivity index (χ3v) is 9.35. The van der Waals surface area contributed by atoms with Crippen molar-refractivity contribution in [3.63, 3.8) is 0 Å². The van der Waals surface area contributed by atoms with Crippen molar-refractivity contribution in [2.24, 2.45) is 0 Å². The van der Waals surface area contributed by atoms with Crippen molar-refractivity contribution in [3.05, 3.63) is 0 Å². The fraction of sp³-hybridized carbons (Fsp3) is 0.868. The molecule has 0 aliphatic rings. The van der Waals surface area contributed by atoms with Gasteiger partial charge in [0.2, 0.25) is 23.6 Å². The molecule has 0 aromatic rings. The minimum atomic E-state index is -0.903. The first-order valence-electron chi connectivity index (χ1n) is 20.2. The van der Waals surface area contributed by atoms with Gasteiger partial charge in [0.25, 0.3) is 0 Å². The molecular weight excluding hydrogens is 676 g/mol. The smallest absolute Gasteiger partial charge is 0.243 e. The number of unbranched alkanes of at least 4 members (excludes halogenated alkanes) is 5. The number of rotatable bonds is 36. The van der Waals surface area contributed by atoms with Crippen LogP contribution in [0.3, 0.4) is 0 Å². The second kappa shape index (κ2) is 33.8. The van der Waals surface area contributed by atoms with E-state index >= 15 is 0 Å². The van der Waals surface area contributed by atoms with Gasteiger partial charge in [0, 0.05) is 12.5 Å². The average molecular weight is 755 g/mol. The van der Waals surface area contributed by atoms with E-state index in [-0.39, 0.29) is 30.1 Å². The van der Waals surface area contributed by atoms with Crippen molar-refractivity contribution in [1.82, 2.24) is 53.2 Å². The molecule has 0 saturated heterocycles. The van der Waals surface area contributed by atoms with Crippen LogP contribution in [-0.4, -0.2) is 135 Å². The zero-order chi connectivity index (χ0) is 39.7. The summed E-state index contributed by atoms with van der Waals surface area (Å²) in [5.74, 6) is -1.44. The first-order valence-corrected chi connectivity index (χ1v) is 20.2. The molecule has 0 heterocycles. The lowest BCUT2D eigenvalue weighted by atomic mass is 10.0. The van der Waals surface area contributed by atoms with Gasteiger partial charge in [-0.1, -0.05) is 12.8 Å². The van der Waals surface area contributed by atoms with Crippen LogP contribution >= 0.6 is 0 Å². The maximum Gasteiger partial charge on any atom is 0.243 e. The normalized spacial score (nSPS) is 14.1. The van der Waals surface area contributed by atoms with Crippen molar-refractivity contribution in [3.8, 4) is 0 Å². The van der Waals surface area contributed by atoms with Gasteiger partial charge < -0.3 is 53.2 Å². The number of Topliss-reactive ketones (excluding diaryl/α,β-unsaturated/α-hetero) is 1. The SMILES string of the molecule is CNCCCCC(CC(C)=O)NC(=O)C(CCCCNC)NC(=O)C(CCCCNC)NC(=O)C(CCCCNC)NC(=O)C(CCCCNC)NC. The average Bonchev–Trinajstić information content (AvgIpc) is 3.13. The Morgan fingerprint density at radius 3 is 0.962 bits per heavy atom. The summed E-state index contributed by atoms with van der Waals surface area (Å²) in [5, 5.41) is 30.7. The predicted octanol–water partition coefficient (Wildman–Crippen LogP) is 0.441. The minimum Gasteiger partial charge on any atom is -0.351 e. The molecule has 15 nitrogen and oxygen atoms in total. The number of hydrogen-bond acceptors (Lipinski definition) is 11. The Balaban J connectivity index is 6.12. The van der Waals surface area contributed by atoms with Gasteiger partial charge >= 0.3 is 0 Å². The number of carbonyl (C=O) groups excluding carboxylic acids is 5. The third-order valence-electron chi connectivity index (χ3n) is 9.35. The summed E-state index contributed by atoms with van der Waals surface area (Å²) in [5.41, 5.74) is 0. The molecular formula is C38H78N10O5. The Hall–Kier alpha value is -2.69. The van der Waals surface area contributed by atoms with E-state index in [9.17, 15) is 24.0 Å². The van der Waals surface area contributed by atoms with E-state index in [1.54, 1.807) is 7.05 Å². The van der Waals surface area contributed by atoms with Crippen LogP contribution in [0.15, 0.2) is 0 Å². The monoisotopic (exact) mass is 755 g/mol. The first kappa shape index (κ1) is 50.3. The van der Waals surface area contributed by atoms with Crippen LogP contribution in [0.5, 0.6) is 0 Å². The quantitative estimate of drug-likeness (QED) is 0.0398. The number of amides is 4. The summed E-state index contributed by atoms with van der Waals surface area (Å²) in [4.78, 5) is 67.2. The number of nitrogens with one attached hydrogen (secondary N) is 10. The van der Waals surface area contributed by atoms with Gasteiger partial charge in [0.05, 0.1) is 6.04 Å². The van der Waals surface area contributed by atoms with Crippen LogP contribution in [0.25, 0.3) is 0 Å². The zero-order valence-corrected chi connectivity index (χ0v) is 34.3. The van der Waals surface area contributed by atoms with E-state index < -0.39 is 36.0 Å². The highest BCUT2D eigenvalue weighted by Gasteiger charge is 2.31. The molecule has 0 saturated carbocycles. The lowest BCUT2D eigenvalue weighted by Crippen LogP contribution is -2.58. The summed E-state index contributed by atoms with van der Waals surface area (Å²) >= 11 is 0. The first-order chi connectivity index (χ1) is 25.6. The van der Waals surface area contributed by atoms with Crippen molar-refractivity contribution < 1.29 is 24.0 Å². The Kier molecular flexibility index (Phi) is 32.1. The van der Waals surface area contributed by atoms with E-state index in [2.05, 4.69) is 53.2 Å². The van der Waals surface area contributed by atoms with Crippen molar-refractivity contribution >= 4 is 29.4 Å². The predicted molar refractivity (Wildman–Crippen MR) is 215 cm³/mol. The number of likely N-dealkylation sites (N-methyl/N-ethyl adjacent to an activating group) is 1. The number of hydrogen-bond donors (Lipinski definition) is 10. The molecule has 10 N–H and O–H groups in total. The minimum absolute atomic E-state index is 0.00898. The maximum atomic E-state index is 14.0. The second-order valence-corrected chi connectivity index (χ2v) is 14.1. The summed E-state index contributed by atoms with van der Waals surface area (Å²) in [6.07, 6.45) is 10.8. The molecule has 5 atom stereocenters. The highest BCUT2D eigenvalue weighted by molar-refractivity contribution is 5.95. The molecule has 0 bridgehead atoms. The Bertz CT molecular complexity index is 989. The third kappa shape index (κ3) is 25.9. The van der Waals surface area contributed by atoms with Gasteiger partial charge in [-0.15, -0.1) is 0 Å². The summed E-state index contributed by atoms with van der Waals surface area (Å²) in [6, 6.07) is -3.34. The van der Waals surface area contributed by atoms with E-state index in [1.165, 1.54) is 6.92 Å². The van der Waals surface area contributed by atoms with Gasteiger partial charge in [0.15, 0.2) is 0 Å². The van der Waals surface area contributed by atoms with E-state index in [1.807, 2.05) is 35.2 Å². The van der Waals surface area contributed by atoms with E-state index in [4.69, 9.17) is 0 Å². The van der Waals surface area contributed by atoms with E-state index in [0.717, 1.165) is 77.7 Å². The van der Waals surface area contributed by atoms with Crippen LogP contribution in [0.2, 0.25) is 0 Å². The molecule has 0 fully saturated rings. The molecule has 0 aliphatic carbocycles. The maximum absolute atomic E-state index is 14.0. The lowest BCUT2D eigenvalue weighted by molar-refractivity contribution is -0.134. The van der Waals surface area contributed by atoms with Gasteiger partial charge in [-0.2, -0.15) is 0 Å². The molecule has 0 aromatic carbocycles.